The first-order valence-electron chi connectivity index (χ1n) is 9.13. The van der Waals surface area contributed by atoms with Crippen LogP contribution in [-0.4, -0.2) is 54.4 Å². The number of aryl methyl sites for hydroxylation is 1. The van der Waals surface area contributed by atoms with E-state index in [0.29, 0.717) is 11.6 Å². The number of ether oxygens (including phenoxy) is 1. The van der Waals surface area contributed by atoms with Gasteiger partial charge in [-0.25, -0.2) is 13.2 Å². The molecule has 0 saturated heterocycles. The summed E-state index contributed by atoms with van der Waals surface area (Å²) in [7, 11) is -3.45. The van der Waals surface area contributed by atoms with Crippen molar-refractivity contribution in [2.75, 3.05) is 18.9 Å². The average Bonchev–Trinajstić information content (AvgIpc) is 3.43. The van der Waals surface area contributed by atoms with E-state index in [2.05, 4.69) is 8.96 Å². The molecular formula is C19H21N3O5S. The third kappa shape index (κ3) is 3.54. The molecule has 9 heteroatoms. The van der Waals surface area contributed by atoms with Crippen LogP contribution in [0, 0.1) is 13.8 Å². The molecule has 0 N–H and O–H groups in total. The lowest BCUT2D eigenvalue weighted by molar-refractivity contribution is -0.137. The van der Waals surface area contributed by atoms with Gasteiger partial charge in [-0.1, -0.05) is 0 Å². The molecule has 0 atom stereocenters. The van der Waals surface area contributed by atoms with Crippen molar-refractivity contribution in [3.05, 3.63) is 46.9 Å². The second-order valence-corrected chi connectivity index (χ2v) is 8.99. The summed E-state index contributed by atoms with van der Waals surface area (Å²) in [4.78, 5) is 26.4. The van der Waals surface area contributed by atoms with Gasteiger partial charge in [0.25, 0.3) is 10.0 Å². The van der Waals surface area contributed by atoms with E-state index in [9.17, 15) is 18.0 Å². The Morgan fingerprint density at radius 1 is 1.25 bits per heavy atom. The number of Topliss-reactive ketones (excluding diaryl/α,β-unsaturated/α-hetero) is 1. The van der Waals surface area contributed by atoms with Crippen LogP contribution in [-0.2, 0) is 19.6 Å². The van der Waals surface area contributed by atoms with E-state index >= 15 is 0 Å². The van der Waals surface area contributed by atoms with Gasteiger partial charge in [0.2, 0.25) is 5.78 Å². The Hall–Kier alpha value is -2.68. The molecule has 148 valence electrons. The van der Waals surface area contributed by atoms with E-state index in [1.807, 2.05) is 19.9 Å². The summed E-state index contributed by atoms with van der Waals surface area (Å²) in [5.41, 5.74) is 2.78. The zero-order valence-corrected chi connectivity index (χ0v) is 16.5. The zero-order chi connectivity index (χ0) is 20.1. The molecule has 8 nitrogen and oxygen atoms in total. The van der Waals surface area contributed by atoms with Gasteiger partial charge in [0.05, 0.1) is 11.3 Å². The van der Waals surface area contributed by atoms with Crippen molar-refractivity contribution < 1.29 is 22.7 Å². The monoisotopic (exact) mass is 403 g/mol. The fourth-order valence-electron chi connectivity index (χ4n) is 3.57. The zero-order valence-electron chi connectivity index (χ0n) is 15.7. The highest BCUT2D eigenvalue weighted by Gasteiger charge is 2.29. The summed E-state index contributed by atoms with van der Waals surface area (Å²) in [6.07, 6.45) is 6.66. The first-order valence-corrected chi connectivity index (χ1v) is 10.7. The largest absolute Gasteiger partial charge is 0.454 e. The molecule has 4 rings (SSSR count). The molecule has 0 spiro atoms. The number of ketones is 1. The third-order valence-corrected chi connectivity index (χ3v) is 6.25. The molecule has 3 heterocycles. The lowest BCUT2D eigenvalue weighted by atomic mass is 10.1. The van der Waals surface area contributed by atoms with E-state index in [0.717, 1.165) is 24.2 Å². The third-order valence-electron chi connectivity index (χ3n) is 5.09. The Balaban J connectivity index is 1.41. The lowest BCUT2D eigenvalue weighted by Gasteiger charge is -2.26. The average molecular weight is 403 g/mol. The first kappa shape index (κ1) is 18.7. The molecule has 1 aromatic rings. The van der Waals surface area contributed by atoms with Gasteiger partial charge in [0, 0.05) is 35.7 Å². The van der Waals surface area contributed by atoms with Crippen LogP contribution in [0.3, 0.4) is 0 Å². The predicted molar refractivity (Wildman–Crippen MR) is 103 cm³/mol. The Kier molecular flexibility index (Phi) is 4.49. The van der Waals surface area contributed by atoms with Gasteiger partial charge in [0.15, 0.2) is 6.61 Å². The van der Waals surface area contributed by atoms with Gasteiger partial charge in [0.1, 0.15) is 5.84 Å². The number of carbonyl (C=O) groups is 2. The van der Waals surface area contributed by atoms with Crippen molar-refractivity contribution in [2.24, 2.45) is 4.40 Å². The highest BCUT2D eigenvalue weighted by atomic mass is 32.2. The second kappa shape index (κ2) is 6.73. The smallest absolute Gasteiger partial charge is 0.340 e. The van der Waals surface area contributed by atoms with E-state index in [1.165, 1.54) is 18.4 Å². The minimum absolute atomic E-state index is 0.113. The Morgan fingerprint density at radius 2 is 2.00 bits per heavy atom. The van der Waals surface area contributed by atoms with E-state index in [-0.39, 0.29) is 36.1 Å². The van der Waals surface area contributed by atoms with Gasteiger partial charge < -0.3 is 14.2 Å². The van der Waals surface area contributed by atoms with Crippen LogP contribution in [0.1, 0.15) is 40.6 Å². The molecule has 0 radical (unpaired) electrons. The Bertz CT molecular complexity index is 1060. The van der Waals surface area contributed by atoms with Crippen LogP contribution in [0.5, 0.6) is 0 Å². The number of fused-ring (bicyclic) bond motifs is 1. The molecule has 1 fully saturated rings. The summed E-state index contributed by atoms with van der Waals surface area (Å²) in [6.45, 7) is 3.77. The van der Waals surface area contributed by atoms with Crippen molar-refractivity contribution in [2.45, 2.75) is 32.7 Å². The molecule has 0 unspecified atom stereocenters. The molecule has 2 aliphatic heterocycles. The summed E-state index contributed by atoms with van der Waals surface area (Å²) >= 11 is 0. The van der Waals surface area contributed by atoms with Crippen LogP contribution >= 0.6 is 0 Å². The van der Waals surface area contributed by atoms with Gasteiger partial charge in [-0.3, -0.25) is 4.79 Å². The maximum atomic E-state index is 12.5. The van der Waals surface area contributed by atoms with E-state index in [4.69, 9.17) is 4.74 Å². The highest BCUT2D eigenvalue weighted by molar-refractivity contribution is 7.90. The van der Waals surface area contributed by atoms with E-state index < -0.39 is 16.0 Å². The SMILES string of the molecule is Cc1cc(C(=O)COC(=O)C2=CN3CCS(=O)(=O)N=C3C=C2)c(C)n1C1CC1. The van der Waals surface area contributed by atoms with Crippen molar-refractivity contribution in [1.29, 1.82) is 0 Å². The summed E-state index contributed by atoms with van der Waals surface area (Å²) < 4.78 is 34.1. The van der Waals surface area contributed by atoms with Gasteiger partial charge in [-0.2, -0.15) is 0 Å². The molecule has 1 saturated carbocycles. The van der Waals surface area contributed by atoms with Crippen molar-refractivity contribution >= 4 is 27.6 Å². The summed E-state index contributed by atoms with van der Waals surface area (Å²) in [6, 6.07) is 2.33. The number of esters is 1. The normalized spacial score (nSPS) is 20.3. The highest BCUT2D eigenvalue weighted by Crippen LogP contribution is 2.38. The van der Waals surface area contributed by atoms with Gasteiger partial charge >= 0.3 is 5.97 Å². The maximum absolute atomic E-state index is 12.5. The molecule has 1 aliphatic carbocycles. The minimum atomic E-state index is -3.45. The summed E-state index contributed by atoms with van der Waals surface area (Å²) in [5.74, 6) is -0.710. The van der Waals surface area contributed by atoms with Crippen LogP contribution in [0.25, 0.3) is 0 Å². The van der Waals surface area contributed by atoms with E-state index in [1.54, 1.807) is 4.90 Å². The van der Waals surface area contributed by atoms with Crippen LogP contribution < -0.4 is 0 Å². The molecule has 0 bridgehead atoms. The number of hydrogen-bond acceptors (Lipinski definition) is 6. The van der Waals surface area contributed by atoms with Crippen LogP contribution in [0.4, 0.5) is 0 Å². The van der Waals surface area contributed by atoms with Crippen molar-refractivity contribution in [3.8, 4) is 0 Å². The second-order valence-electron chi connectivity index (χ2n) is 7.23. The lowest BCUT2D eigenvalue weighted by Crippen LogP contribution is -2.37. The molecule has 28 heavy (non-hydrogen) atoms. The van der Waals surface area contributed by atoms with Crippen LogP contribution in [0.15, 0.2) is 34.4 Å². The fourth-order valence-corrected chi connectivity index (χ4v) is 4.54. The quantitative estimate of drug-likeness (QED) is 0.548. The van der Waals surface area contributed by atoms with Crippen molar-refractivity contribution in [3.63, 3.8) is 0 Å². The van der Waals surface area contributed by atoms with Gasteiger partial charge in [-0.05, 0) is 44.9 Å². The molecule has 1 aromatic heterocycles. The minimum Gasteiger partial charge on any atom is -0.454 e. The topological polar surface area (TPSA) is 98.0 Å². The number of nitrogens with zero attached hydrogens (tertiary/aromatic N) is 3. The number of amidine groups is 1. The molecular weight excluding hydrogens is 382 g/mol. The number of carbonyl (C=O) groups excluding carboxylic acids is 2. The van der Waals surface area contributed by atoms with Gasteiger partial charge in [-0.15, -0.1) is 4.40 Å². The van der Waals surface area contributed by atoms with Crippen LogP contribution in [0.2, 0.25) is 0 Å². The molecule has 0 amide bonds. The Morgan fingerprint density at radius 3 is 2.71 bits per heavy atom. The predicted octanol–water partition coefficient (Wildman–Crippen LogP) is 1.66. The Labute approximate surface area is 163 Å². The standard InChI is InChI=1S/C19H21N3O5S/c1-12-9-16(13(2)22(12)15-4-5-15)17(23)11-27-19(24)14-3-6-18-20-28(25,26)8-7-21(18)10-14/h3,6,9-10,15H,4-5,7-8,11H2,1-2H3. The number of aromatic nitrogens is 1. The maximum Gasteiger partial charge on any atom is 0.340 e. The first-order chi connectivity index (χ1) is 13.2. The fraction of sp³-hybridized carbons (Fsp3) is 0.421. The number of sulfonamides is 1. The number of hydrogen-bond donors (Lipinski definition) is 0. The summed E-state index contributed by atoms with van der Waals surface area (Å²) in [5, 5.41) is 0. The molecule has 0 aromatic carbocycles. The molecule has 3 aliphatic rings. The van der Waals surface area contributed by atoms with Crippen molar-refractivity contribution in [1.82, 2.24) is 9.47 Å². The number of rotatable bonds is 5.